The lowest BCUT2D eigenvalue weighted by Crippen LogP contribution is -2.09. The molecule has 0 bridgehead atoms. The van der Waals surface area contributed by atoms with E-state index in [0.29, 0.717) is 13.2 Å². The van der Waals surface area contributed by atoms with E-state index in [9.17, 15) is 4.39 Å². The van der Waals surface area contributed by atoms with Gasteiger partial charge in [-0.3, -0.25) is 0 Å². The van der Waals surface area contributed by atoms with E-state index < -0.39 is 5.82 Å². The van der Waals surface area contributed by atoms with Crippen LogP contribution in [0.15, 0.2) is 12.3 Å². The second kappa shape index (κ2) is 7.14. The largest absolute Gasteiger partial charge is 0.473 e. The topological polar surface area (TPSA) is 51.6 Å². The SMILES string of the molecule is CCCOCCOc1nccc(CO)c1F. The molecule has 0 atom stereocenters. The molecule has 5 heteroatoms. The van der Waals surface area contributed by atoms with Crippen LogP contribution in [0.3, 0.4) is 0 Å². The fourth-order valence-corrected chi connectivity index (χ4v) is 1.13. The number of ether oxygens (including phenoxy) is 2. The van der Waals surface area contributed by atoms with Crippen molar-refractivity contribution in [2.75, 3.05) is 19.8 Å². The molecule has 0 aromatic carbocycles. The van der Waals surface area contributed by atoms with Crippen LogP contribution in [0.2, 0.25) is 0 Å². The molecule has 0 radical (unpaired) electrons. The summed E-state index contributed by atoms with van der Waals surface area (Å²) in [7, 11) is 0. The molecule has 0 fully saturated rings. The van der Waals surface area contributed by atoms with Gasteiger partial charge in [-0.1, -0.05) is 6.92 Å². The van der Waals surface area contributed by atoms with Gasteiger partial charge in [-0.25, -0.2) is 9.37 Å². The van der Waals surface area contributed by atoms with Gasteiger partial charge in [0.25, 0.3) is 5.88 Å². The Balaban J connectivity index is 2.41. The Morgan fingerprint density at radius 1 is 1.38 bits per heavy atom. The number of halogens is 1. The van der Waals surface area contributed by atoms with E-state index in [4.69, 9.17) is 14.6 Å². The van der Waals surface area contributed by atoms with Gasteiger partial charge < -0.3 is 14.6 Å². The maximum atomic E-state index is 13.5. The Bertz CT molecular complexity index is 320. The van der Waals surface area contributed by atoms with Crippen molar-refractivity contribution in [3.8, 4) is 5.88 Å². The van der Waals surface area contributed by atoms with Crippen molar-refractivity contribution in [2.24, 2.45) is 0 Å². The van der Waals surface area contributed by atoms with Crippen LogP contribution < -0.4 is 4.74 Å². The minimum absolute atomic E-state index is 0.0911. The van der Waals surface area contributed by atoms with E-state index in [-0.39, 0.29) is 24.7 Å². The smallest absolute Gasteiger partial charge is 0.250 e. The maximum absolute atomic E-state index is 13.5. The molecule has 0 saturated carbocycles. The molecule has 1 rings (SSSR count). The molecule has 1 heterocycles. The van der Waals surface area contributed by atoms with Crippen LogP contribution in [0.25, 0.3) is 0 Å². The van der Waals surface area contributed by atoms with Crippen molar-refractivity contribution in [3.05, 3.63) is 23.6 Å². The number of nitrogens with zero attached hydrogens (tertiary/aromatic N) is 1. The highest BCUT2D eigenvalue weighted by Crippen LogP contribution is 2.16. The molecule has 0 aliphatic heterocycles. The Morgan fingerprint density at radius 2 is 2.19 bits per heavy atom. The number of hydrogen-bond acceptors (Lipinski definition) is 4. The van der Waals surface area contributed by atoms with Crippen LogP contribution in [0.4, 0.5) is 4.39 Å². The highest BCUT2D eigenvalue weighted by Gasteiger charge is 2.09. The summed E-state index contributed by atoms with van der Waals surface area (Å²) in [4.78, 5) is 3.74. The molecule has 1 N–H and O–H groups in total. The van der Waals surface area contributed by atoms with Crippen LogP contribution in [0.1, 0.15) is 18.9 Å². The second-order valence-electron chi connectivity index (χ2n) is 3.21. The van der Waals surface area contributed by atoms with E-state index in [0.717, 1.165) is 6.42 Å². The first kappa shape index (κ1) is 12.9. The lowest BCUT2D eigenvalue weighted by molar-refractivity contribution is 0.0971. The molecular weight excluding hydrogens is 213 g/mol. The standard InChI is InChI=1S/C11H16FNO3/c1-2-5-15-6-7-16-11-10(12)9(8-14)3-4-13-11/h3-4,14H,2,5-8H2,1H3. The first-order chi connectivity index (χ1) is 7.79. The van der Waals surface area contributed by atoms with E-state index in [2.05, 4.69) is 4.98 Å². The van der Waals surface area contributed by atoms with Gasteiger partial charge in [0.05, 0.1) is 13.2 Å². The fourth-order valence-electron chi connectivity index (χ4n) is 1.13. The molecule has 0 aliphatic rings. The Kier molecular flexibility index (Phi) is 5.74. The molecule has 0 unspecified atom stereocenters. The van der Waals surface area contributed by atoms with Gasteiger partial charge in [-0.05, 0) is 12.5 Å². The van der Waals surface area contributed by atoms with Gasteiger partial charge in [0.1, 0.15) is 6.61 Å². The summed E-state index contributed by atoms with van der Waals surface area (Å²) in [6.07, 6.45) is 2.34. The molecule has 90 valence electrons. The summed E-state index contributed by atoms with van der Waals surface area (Å²) in [5, 5.41) is 8.84. The third kappa shape index (κ3) is 3.75. The fraction of sp³-hybridized carbons (Fsp3) is 0.545. The van der Waals surface area contributed by atoms with Crippen molar-refractivity contribution in [2.45, 2.75) is 20.0 Å². The minimum atomic E-state index is -0.611. The van der Waals surface area contributed by atoms with Crippen molar-refractivity contribution in [1.29, 1.82) is 0 Å². The third-order valence-corrected chi connectivity index (χ3v) is 1.92. The zero-order valence-electron chi connectivity index (χ0n) is 9.28. The van der Waals surface area contributed by atoms with Crippen LogP contribution in [-0.2, 0) is 11.3 Å². The molecule has 1 aromatic rings. The van der Waals surface area contributed by atoms with Gasteiger partial charge in [0.15, 0.2) is 5.82 Å². The van der Waals surface area contributed by atoms with Crippen molar-refractivity contribution >= 4 is 0 Å². The summed E-state index contributed by atoms with van der Waals surface area (Å²) in [5.41, 5.74) is 0.180. The number of hydrogen-bond donors (Lipinski definition) is 1. The predicted octanol–water partition coefficient (Wildman–Crippen LogP) is 1.52. The van der Waals surface area contributed by atoms with Gasteiger partial charge in [-0.2, -0.15) is 0 Å². The summed E-state index contributed by atoms with van der Waals surface area (Å²) in [6, 6.07) is 1.41. The average Bonchev–Trinajstić information content (AvgIpc) is 2.31. The minimum Gasteiger partial charge on any atom is -0.473 e. The molecule has 0 amide bonds. The van der Waals surface area contributed by atoms with Crippen LogP contribution >= 0.6 is 0 Å². The lowest BCUT2D eigenvalue weighted by Gasteiger charge is -2.08. The van der Waals surface area contributed by atoms with Gasteiger partial charge in [0.2, 0.25) is 0 Å². The van der Waals surface area contributed by atoms with Crippen molar-refractivity contribution < 1.29 is 19.0 Å². The van der Waals surface area contributed by atoms with Crippen molar-refractivity contribution in [3.63, 3.8) is 0 Å². The van der Waals surface area contributed by atoms with Gasteiger partial charge >= 0.3 is 0 Å². The molecule has 16 heavy (non-hydrogen) atoms. The normalized spacial score (nSPS) is 10.4. The molecule has 0 aliphatic carbocycles. The van der Waals surface area contributed by atoms with Crippen LogP contribution in [-0.4, -0.2) is 29.9 Å². The quantitative estimate of drug-likeness (QED) is 0.720. The van der Waals surface area contributed by atoms with E-state index in [1.54, 1.807) is 0 Å². The molecule has 0 saturated heterocycles. The Morgan fingerprint density at radius 3 is 2.88 bits per heavy atom. The zero-order valence-corrected chi connectivity index (χ0v) is 9.28. The second-order valence-corrected chi connectivity index (χ2v) is 3.21. The number of aliphatic hydroxyl groups excluding tert-OH is 1. The third-order valence-electron chi connectivity index (χ3n) is 1.92. The molecule has 0 spiro atoms. The van der Waals surface area contributed by atoms with Crippen LogP contribution in [0, 0.1) is 5.82 Å². The average molecular weight is 229 g/mol. The molecule has 4 nitrogen and oxygen atoms in total. The summed E-state index contributed by atoms with van der Waals surface area (Å²) in [6.45, 7) is 2.96. The zero-order chi connectivity index (χ0) is 11.8. The number of aromatic nitrogens is 1. The summed E-state index contributed by atoms with van der Waals surface area (Å²) in [5.74, 6) is -0.702. The first-order valence-corrected chi connectivity index (χ1v) is 5.24. The monoisotopic (exact) mass is 229 g/mol. The predicted molar refractivity (Wildman–Crippen MR) is 56.7 cm³/mol. The van der Waals surface area contributed by atoms with Crippen molar-refractivity contribution in [1.82, 2.24) is 4.98 Å². The highest BCUT2D eigenvalue weighted by molar-refractivity contribution is 5.22. The highest BCUT2D eigenvalue weighted by atomic mass is 19.1. The van der Waals surface area contributed by atoms with Crippen LogP contribution in [0.5, 0.6) is 5.88 Å². The van der Waals surface area contributed by atoms with Gasteiger partial charge in [0, 0.05) is 18.4 Å². The number of pyridine rings is 1. The van der Waals surface area contributed by atoms with E-state index >= 15 is 0 Å². The summed E-state index contributed by atoms with van der Waals surface area (Å²) < 4.78 is 23.7. The van der Waals surface area contributed by atoms with E-state index in [1.807, 2.05) is 6.92 Å². The Hall–Kier alpha value is -1.20. The lowest BCUT2D eigenvalue weighted by atomic mass is 10.3. The first-order valence-electron chi connectivity index (χ1n) is 5.24. The number of rotatable bonds is 7. The Labute approximate surface area is 94.0 Å². The number of aliphatic hydroxyl groups is 1. The molecular formula is C11H16FNO3. The molecule has 1 aromatic heterocycles. The maximum Gasteiger partial charge on any atom is 0.250 e. The van der Waals surface area contributed by atoms with Gasteiger partial charge in [-0.15, -0.1) is 0 Å². The summed E-state index contributed by atoms with van der Waals surface area (Å²) >= 11 is 0. The van der Waals surface area contributed by atoms with E-state index in [1.165, 1.54) is 12.3 Å².